The van der Waals surface area contributed by atoms with Gasteiger partial charge in [0.2, 0.25) is 0 Å². The first-order valence-corrected chi connectivity index (χ1v) is 7.06. The lowest BCUT2D eigenvalue weighted by atomic mass is 10.1. The second-order valence-corrected chi connectivity index (χ2v) is 5.06. The van der Waals surface area contributed by atoms with E-state index in [1.54, 1.807) is 11.0 Å². The molecule has 0 radical (unpaired) electrons. The molecule has 1 rings (SSSR count). The molecular weight excluding hydrogens is 306 g/mol. The predicted molar refractivity (Wildman–Crippen MR) is 80.7 cm³/mol. The number of hydrogen-bond donors (Lipinski definition) is 0. The molecule has 0 saturated heterocycles. The summed E-state index contributed by atoms with van der Waals surface area (Å²) in [5.41, 5.74) is 1.07. The Kier molecular flexibility index (Phi) is 5.96. The van der Waals surface area contributed by atoms with Gasteiger partial charge in [0.25, 0.3) is 5.91 Å². The molecule has 1 aromatic rings. The molecular formula is C15H18BrNO2. The van der Waals surface area contributed by atoms with E-state index >= 15 is 0 Å². The molecule has 0 heterocycles. The third-order valence-electron chi connectivity index (χ3n) is 2.84. The van der Waals surface area contributed by atoms with Crippen molar-refractivity contribution in [2.75, 3.05) is 13.1 Å². The molecule has 0 spiro atoms. The minimum Gasteiger partial charge on any atom is -0.339 e. The Bertz CT molecular complexity index is 487. The van der Waals surface area contributed by atoms with Crippen molar-refractivity contribution < 1.29 is 9.59 Å². The Morgan fingerprint density at radius 1 is 1.16 bits per heavy atom. The van der Waals surface area contributed by atoms with Gasteiger partial charge < -0.3 is 4.90 Å². The summed E-state index contributed by atoms with van der Waals surface area (Å²) < 4.78 is 0.962. The van der Waals surface area contributed by atoms with Gasteiger partial charge in [0.15, 0.2) is 5.78 Å². The maximum atomic E-state index is 12.2. The predicted octanol–water partition coefficient (Wildman–Crippen LogP) is 3.29. The lowest BCUT2D eigenvalue weighted by Gasteiger charge is -2.19. The molecule has 0 aliphatic heterocycles. The Morgan fingerprint density at radius 3 is 2.11 bits per heavy atom. The van der Waals surface area contributed by atoms with Crippen molar-refractivity contribution >= 4 is 33.7 Å². The molecule has 0 aliphatic rings. The Balaban J connectivity index is 3.10. The molecule has 0 fully saturated rings. The summed E-state index contributed by atoms with van der Waals surface area (Å²) in [5, 5.41) is 0. The Hall–Kier alpha value is -1.42. The van der Waals surface area contributed by atoms with Crippen molar-refractivity contribution in [3.63, 3.8) is 0 Å². The number of nitrogens with zero attached hydrogens (tertiary/aromatic N) is 1. The highest BCUT2D eigenvalue weighted by Gasteiger charge is 2.19. The number of Topliss-reactive ketones (excluding diaryl/α,β-unsaturated/α-hetero) is 1. The number of hydrogen-bond acceptors (Lipinski definition) is 2. The quantitative estimate of drug-likeness (QED) is 0.473. The van der Waals surface area contributed by atoms with Crippen molar-refractivity contribution in [1.29, 1.82) is 0 Å². The maximum absolute atomic E-state index is 12.2. The number of rotatable bonds is 5. The zero-order valence-corrected chi connectivity index (χ0v) is 13.0. The summed E-state index contributed by atoms with van der Waals surface area (Å²) in [6.45, 7) is 6.42. The van der Waals surface area contributed by atoms with E-state index in [-0.39, 0.29) is 17.3 Å². The highest BCUT2D eigenvalue weighted by Crippen LogP contribution is 2.15. The molecule has 0 saturated carbocycles. The normalized spacial score (nSPS) is 11.3. The van der Waals surface area contributed by atoms with Gasteiger partial charge in [-0.1, -0.05) is 28.1 Å². The molecule has 0 aromatic heterocycles. The number of amides is 1. The van der Waals surface area contributed by atoms with Crippen LogP contribution < -0.4 is 0 Å². The Morgan fingerprint density at radius 2 is 1.68 bits per heavy atom. The zero-order chi connectivity index (χ0) is 14.4. The van der Waals surface area contributed by atoms with Gasteiger partial charge in [0.1, 0.15) is 0 Å². The van der Waals surface area contributed by atoms with E-state index in [2.05, 4.69) is 15.9 Å². The topological polar surface area (TPSA) is 37.4 Å². The van der Waals surface area contributed by atoms with Crippen LogP contribution in [-0.4, -0.2) is 29.7 Å². The summed E-state index contributed by atoms with van der Waals surface area (Å²) >= 11 is 3.35. The summed E-state index contributed by atoms with van der Waals surface area (Å²) in [4.78, 5) is 25.6. The maximum Gasteiger partial charge on any atom is 0.257 e. The van der Waals surface area contributed by atoms with Crippen molar-refractivity contribution in [3.05, 3.63) is 39.9 Å². The number of carbonyl (C=O) groups excluding carboxylic acids is 2. The molecule has 1 aromatic carbocycles. The van der Waals surface area contributed by atoms with Crippen LogP contribution in [0, 0.1) is 0 Å². The lowest BCUT2D eigenvalue weighted by Crippen LogP contribution is -2.33. The summed E-state index contributed by atoms with van der Waals surface area (Å²) in [7, 11) is 0. The summed E-state index contributed by atoms with van der Waals surface area (Å²) in [6.07, 6.45) is 1.65. The molecule has 0 N–H and O–H groups in total. The van der Waals surface area contributed by atoms with Crippen molar-refractivity contribution in [3.8, 4) is 0 Å². The van der Waals surface area contributed by atoms with Crippen molar-refractivity contribution in [2.45, 2.75) is 20.8 Å². The van der Waals surface area contributed by atoms with Crippen LogP contribution >= 0.6 is 15.9 Å². The van der Waals surface area contributed by atoms with E-state index in [1.165, 1.54) is 6.92 Å². The van der Waals surface area contributed by atoms with Crippen molar-refractivity contribution in [1.82, 2.24) is 4.90 Å². The van der Waals surface area contributed by atoms with Gasteiger partial charge in [-0.15, -0.1) is 0 Å². The van der Waals surface area contributed by atoms with E-state index < -0.39 is 0 Å². The largest absolute Gasteiger partial charge is 0.339 e. The molecule has 1 amide bonds. The fourth-order valence-corrected chi connectivity index (χ4v) is 1.99. The van der Waals surface area contributed by atoms with Gasteiger partial charge in [0.05, 0.1) is 5.57 Å². The van der Waals surface area contributed by atoms with Gasteiger partial charge in [0, 0.05) is 17.6 Å². The van der Waals surface area contributed by atoms with Crippen molar-refractivity contribution in [2.24, 2.45) is 0 Å². The van der Waals surface area contributed by atoms with E-state index in [9.17, 15) is 9.59 Å². The van der Waals surface area contributed by atoms with Crippen LogP contribution in [-0.2, 0) is 9.59 Å². The number of carbonyl (C=O) groups is 2. The van der Waals surface area contributed by atoms with Gasteiger partial charge in [-0.3, -0.25) is 9.59 Å². The van der Waals surface area contributed by atoms with E-state index in [0.29, 0.717) is 13.1 Å². The molecule has 0 unspecified atom stereocenters. The van der Waals surface area contributed by atoms with Gasteiger partial charge >= 0.3 is 0 Å². The second kappa shape index (κ2) is 7.24. The second-order valence-electron chi connectivity index (χ2n) is 4.14. The Labute approximate surface area is 122 Å². The zero-order valence-electron chi connectivity index (χ0n) is 11.4. The molecule has 0 bridgehead atoms. The third-order valence-corrected chi connectivity index (χ3v) is 3.37. The number of likely N-dealkylation sites (N-methyl/N-ethyl adjacent to an activating group) is 1. The molecule has 0 aliphatic carbocycles. The van der Waals surface area contributed by atoms with Gasteiger partial charge in [-0.05, 0) is 44.5 Å². The van der Waals surface area contributed by atoms with Crippen LogP contribution in [0.1, 0.15) is 26.3 Å². The van der Waals surface area contributed by atoms with E-state index in [1.807, 2.05) is 38.1 Å². The van der Waals surface area contributed by atoms with Crippen LogP contribution in [0.3, 0.4) is 0 Å². The lowest BCUT2D eigenvalue weighted by molar-refractivity contribution is -0.128. The van der Waals surface area contributed by atoms with Gasteiger partial charge in [-0.2, -0.15) is 0 Å². The number of benzene rings is 1. The fraction of sp³-hybridized carbons (Fsp3) is 0.333. The minimum atomic E-state index is -0.209. The smallest absolute Gasteiger partial charge is 0.257 e. The van der Waals surface area contributed by atoms with Crippen LogP contribution in [0.15, 0.2) is 34.3 Å². The standard InChI is InChI=1S/C15H18BrNO2/c1-4-17(5-2)15(19)14(11(3)18)10-12-6-8-13(16)9-7-12/h6-10H,4-5H2,1-3H3/b14-10-. The SMILES string of the molecule is CCN(CC)C(=O)/C(=C\c1ccc(Br)cc1)C(C)=O. The highest BCUT2D eigenvalue weighted by atomic mass is 79.9. The molecule has 3 nitrogen and oxygen atoms in total. The molecule has 19 heavy (non-hydrogen) atoms. The average molecular weight is 324 g/mol. The first kappa shape index (κ1) is 15.6. The highest BCUT2D eigenvalue weighted by molar-refractivity contribution is 9.10. The number of halogens is 1. The number of ketones is 1. The summed E-state index contributed by atoms with van der Waals surface area (Å²) in [6, 6.07) is 7.49. The molecule has 0 atom stereocenters. The molecule has 102 valence electrons. The fourth-order valence-electron chi connectivity index (χ4n) is 1.72. The van der Waals surface area contributed by atoms with E-state index in [4.69, 9.17) is 0 Å². The van der Waals surface area contributed by atoms with E-state index in [0.717, 1.165) is 10.0 Å². The monoisotopic (exact) mass is 323 g/mol. The van der Waals surface area contributed by atoms with Gasteiger partial charge in [-0.25, -0.2) is 0 Å². The minimum absolute atomic E-state index is 0.208. The average Bonchev–Trinajstić information content (AvgIpc) is 2.38. The first-order chi connectivity index (χ1) is 8.99. The van der Waals surface area contributed by atoms with Crippen LogP contribution in [0.5, 0.6) is 0 Å². The van der Waals surface area contributed by atoms with Crippen LogP contribution in [0.4, 0.5) is 0 Å². The molecule has 4 heteroatoms. The van der Waals surface area contributed by atoms with Crippen LogP contribution in [0.2, 0.25) is 0 Å². The first-order valence-electron chi connectivity index (χ1n) is 6.27. The summed E-state index contributed by atoms with van der Waals surface area (Å²) in [5.74, 6) is -0.416. The van der Waals surface area contributed by atoms with Crippen LogP contribution in [0.25, 0.3) is 6.08 Å². The third kappa shape index (κ3) is 4.31.